The molecule has 0 amide bonds. The Hall–Kier alpha value is -1.92. The number of aromatic nitrogens is 1. The van der Waals surface area contributed by atoms with E-state index < -0.39 is 10.0 Å². The molecule has 0 bridgehead atoms. The molecule has 0 radical (unpaired) electrons. The summed E-state index contributed by atoms with van der Waals surface area (Å²) in [7, 11) is -1.46. The maximum atomic E-state index is 12.7. The molecule has 0 spiro atoms. The van der Waals surface area contributed by atoms with E-state index in [4.69, 9.17) is 0 Å². The van der Waals surface area contributed by atoms with Crippen LogP contribution in [0.2, 0.25) is 0 Å². The summed E-state index contributed by atoms with van der Waals surface area (Å²) in [6, 6.07) is 11.8. The molecule has 25 heavy (non-hydrogen) atoms. The number of benzene rings is 1. The number of sulfonamides is 1. The fourth-order valence-corrected chi connectivity index (χ4v) is 4.52. The van der Waals surface area contributed by atoms with Gasteiger partial charge in [0.15, 0.2) is 0 Å². The molecule has 1 saturated heterocycles. The molecule has 0 saturated carbocycles. The van der Waals surface area contributed by atoms with E-state index in [9.17, 15) is 8.42 Å². The van der Waals surface area contributed by atoms with Crippen LogP contribution < -0.4 is 4.90 Å². The van der Waals surface area contributed by atoms with Crippen molar-refractivity contribution in [2.75, 3.05) is 25.0 Å². The summed E-state index contributed by atoms with van der Waals surface area (Å²) in [5, 5.41) is 0. The molecule has 1 aromatic heterocycles. The molecule has 134 valence electrons. The first kappa shape index (κ1) is 17.9. The van der Waals surface area contributed by atoms with Gasteiger partial charge in [-0.3, -0.25) is 0 Å². The number of anilines is 1. The van der Waals surface area contributed by atoms with Gasteiger partial charge in [-0.1, -0.05) is 36.2 Å². The normalized spacial score (nSPS) is 15.9. The molecule has 5 nitrogen and oxygen atoms in total. The van der Waals surface area contributed by atoms with Crippen molar-refractivity contribution in [1.82, 2.24) is 9.29 Å². The lowest BCUT2D eigenvalue weighted by molar-refractivity contribution is 0.346. The van der Waals surface area contributed by atoms with Gasteiger partial charge in [-0.2, -0.15) is 4.31 Å². The van der Waals surface area contributed by atoms with Gasteiger partial charge in [0.25, 0.3) is 0 Å². The van der Waals surface area contributed by atoms with Crippen molar-refractivity contribution >= 4 is 15.8 Å². The van der Waals surface area contributed by atoms with Crippen LogP contribution in [0.4, 0.5) is 5.82 Å². The fourth-order valence-electron chi connectivity index (χ4n) is 3.05. The molecule has 1 aliphatic rings. The quantitative estimate of drug-likeness (QED) is 0.823. The molecule has 3 rings (SSSR count). The first-order valence-electron chi connectivity index (χ1n) is 8.70. The van der Waals surface area contributed by atoms with Gasteiger partial charge in [0.05, 0.1) is 0 Å². The average Bonchev–Trinajstić information content (AvgIpc) is 2.64. The molecule has 6 heteroatoms. The van der Waals surface area contributed by atoms with E-state index in [0.717, 1.165) is 31.6 Å². The second-order valence-corrected chi connectivity index (χ2v) is 8.60. The number of rotatable bonds is 5. The Balaban J connectivity index is 1.71. The van der Waals surface area contributed by atoms with Crippen molar-refractivity contribution in [2.45, 2.75) is 37.6 Å². The molecule has 2 heterocycles. The monoisotopic (exact) mass is 359 g/mol. The lowest BCUT2D eigenvalue weighted by Crippen LogP contribution is -2.35. The van der Waals surface area contributed by atoms with Gasteiger partial charge in [0.1, 0.15) is 10.7 Å². The third-order valence-electron chi connectivity index (χ3n) is 4.60. The number of hydrogen-bond donors (Lipinski definition) is 0. The SMILES string of the molecule is Cc1ccc(CN(C)c2ccc(S(=O)(=O)N3CCCCC3)cn2)cc1. The first-order valence-corrected chi connectivity index (χ1v) is 10.1. The molecule has 1 aromatic carbocycles. The van der Waals surface area contributed by atoms with Crippen LogP contribution in [0.3, 0.4) is 0 Å². The molecule has 0 aliphatic carbocycles. The van der Waals surface area contributed by atoms with Crippen molar-refractivity contribution in [3.63, 3.8) is 0 Å². The van der Waals surface area contributed by atoms with E-state index in [0.29, 0.717) is 13.1 Å². The van der Waals surface area contributed by atoms with E-state index in [1.165, 1.54) is 17.3 Å². The molecule has 0 N–H and O–H groups in total. The molecule has 0 atom stereocenters. The average molecular weight is 359 g/mol. The number of aryl methyl sites for hydroxylation is 1. The van der Waals surface area contributed by atoms with E-state index in [1.54, 1.807) is 16.4 Å². The summed E-state index contributed by atoms with van der Waals surface area (Å²) in [5.74, 6) is 0.762. The Morgan fingerprint density at radius 2 is 1.72 bits per heavy atom. The molecule has 0 unspecified atom stereocenters. The third kappa shape index (κ3) is 4.19. The number of nitrogens with zero attached hydrogens (tertiary/aromatic N) is 3. The molecule has 2 aromatic rings. The zero-order chi connectivity index (χ0) is 17.9. The maximum absolute atomic E-state index is 12.7. The Bertz CT molecular complexity index is 796. The molecule has 1 aliphatic heterocycles. The lowest BCUT2D eigenvalue weighted by atomic mass is 10.1. The second-order valence-electron chi connectivity index (χ2n) is 6.66. The van der Waals surface area contributed by atoms with Gasteiger partial charge < -0.3 is 4.90 Å². The summed E-state index contributed by atoms with van der Waals surface area (Å²) in [5.41, 5.74) is 2.43. The van der Waals surface area contributed by atoms with Crippen LogP contribution in [0.25, 0.3) is 0 Å². The minimum absolute atomic E-state index is 0.280. The van der Waals surface area contributed by atoms with Gasteiger partial charge >= 0.3 is 0 Å². The van der Waals surface area contributed by atoms with Crippen molar-refractivity contribution in [2.24, 2.45) is 0 Å². The van der Waals surface area contributed by atoms with Crippen molar-refractivity contribution in [3.8, 4) is 0 Å². The predicted molar refractivity (Wildman–Crippen MR) is 100 cm³/mol. The van der Waals surface area contributed by atoms with Gasteiger partial charge in [-0.25, -0.2) is 13.4 Å². The third-order valence-corrected chi connectivity index (χ3v) is 6.49. The van der Waals surface area contributed by atoms with Crippen molar-refractivity contribution < 1.29 is 8.42 Å². The molecule has 1 fully saturated rings. The second kappa shape index (κ2) is 7.54. The van der Waals surface area contributed by atoms with Crippen molar-refractivity contribution in [1.29, 1.82) is 0 Å². The highest BCUT2D eigenvalue weighted by molar-refractivity contribution is 7.89. The van der Waals surface area contributed by atoms with Gasteiger partial charge in [-0.15, -0.1) is 0 Å². The highest BCUT2D eigenvalue weighted by atomic mass is 32.2. The molecular formula is C19H25N3O2S. The van der Waals surface area contributed by atoms with Crippen LogP contribution in [-0.2, 0) is 16.6 Å². The van der Waals surface area contributed by atoms with E-state index >= 15 is 0 Å². The minimum atomic E-state index is -3.42. The van der Waals surface area contributed by atoms with Gasteiger partial charge in [0.2, 0.25) is 10.0 Å². The zero-order valence-electron chi connectivity index (χ0n) is 14.9. The first-order chi connectivity index (χ1) is 12.0. The van der Waals surface area contributed by atoms with Crippen LogP contribution in [0.15, 0.2) is 47.5 Å². The lowest BCUT2D eigenvalue weighted by Gasteiger charge is -2.26. The Kier molecular flexibility index (Phi) is 5.39. The van der Waals surface area contributed by atoms with Crippen LogP contribution in [0.1, 0.15) is 30.4 Å². The number of hydrogen-bond acceptors (Lipinski definition) is 4. The number of piperidine rings is 1. The topological polar surface area (TPSA) is 53.5 Å². The zero-order valence-corrected chi connectivity index (χ0v) is 15.7. The summed E-state index contributed by atoms with van der Waals surface area (Å²) in [6.07, 6.45) is 4.45. The highest BCUT2D eigenvalue weighted by Crippen LogP contribution is 2.22. The van der Waals surface area contributed by atoms with Crippen LogP contribution in [-0.4, -0.2) is 37.8 Å². The molecular weight excluding hydrogens is 334 g/mol. The van der Waals surface area contributed by atoms with Crippen LogP contribution in [0.5, 0.6) is 0 Å². The Morgan fingerprint density at radius 1 is 1.04 bits per heavy atom. The van der Waals surface area contributed by atoms with E-state index in [-0.39, 0.29) is 4.90 Å². The summed E-state index contributed by atoms with van der Waals surface area (Å²) in [6.45, 7) is 4.01. The number of pyridine rings is 1. The predicted octanol–water partition coefficient (Wildman–Crippen LogP) is 3.20. The van der Waals surface area contributed by atoms with Gasteiger partial charge in [-0.05, 0) is 37.5 Å². The van der Waals surface area contributed by atoms with Crippen molar-refractivity contribution in [3.05, 3.63) is 53.7 Å². The highest BCUT2D eigenvalue weighted by Gasteiger charge is 2.26. The Labute approximate surface area is 150 Å². The van der Waals surface area contributed by atoms with Gasteiger partial charge in [0, 0.05) is 32.9 Å². The van der Waals surface area contributed by atoms with E-state index in [2.05, 4.69) is 36.2 Å². The summed E-state index contributed by atoms with van der Waals surface area (Å²) in [4.78, 5) is 6.67. The summed E-state index contributed by atoms with van der Waals surface area (Å²) < 4.78 is 26.9. The largest absolute Gasteiger partial charge is 0.355 e. The Morgan fingerprint density at radius 3 is 2.32 bits per heavy atom. The smallest absolute Gasteiger partial charge is 0.244 e. The van der Waals surface area contributed by atoms with Crippen LogP contribution in [0, 0.1) is 6.92 Å². The standard InChI is InChI=1S/C19H25N3O2S/c1-16-6-8-17(9-7-16)15-21(2)19-11-10-18(14-20-19)25(23,24)22-12-4-3-5-13-22/h6-11,14H,3-5,12-13,15H2,1-2H3. The van der Waals surface area contributed by atoms with Crippen LogP contribution >= 0.6 is 0 Å². The fraction of sp³-hybridized carbons (Fsp3) is 0.421. The minimum Gasteiger partial charge on any atom is -0.355 e. The summed E-state index contributed by atoms with van der Waals surface area (Å²) >= 11 is 0. The van der Waals surface area contributed by atoms with E-state index in [1.807, 2.05) is 11.9 Å². The maximum Gasteiger partial charge on any atom is 0.244 e.